The van der Waals surface area contributed by atoms with Gasteiger partial charge >= 0.3 is 0 Å². The Morgan fingerprint density at radius 1 is 1.56 bits per heavy atom. The van der Waals surface area contributed by atoms with Crippen LogP contribution in [-0.2, 0) is 0 Å². The van der Waals surface area contributed by atoms with E-state index in [2.05, 4.69) is 6.92 Å². The van der Waals surface area contributed by atoms with Crippen LogP contribution in [-0.4, -0.2) is 11.7 Å². The van der Waals surface area contributed by atoms with E-state index in [0.717, 1.165) is 6.42 Å². The predicted molar refractivity (Wildman–Crippen MR) is 40.3 cm³/mol. The summed E-state index contributed by atoms with van der Waals surface area (Å²) in [5.74, 6) is 0. The average molecular weight is 126 g/mol. The molecule has 0 bridgehead atoms. The highest BCUT2D eigenvalue weighted by Gasteiger charge is 1.81. The van der Waals surface area contributed by atoms with Crippen molar-refractivity contribution in [3.8, 4) is 0 Å². The van der Waals surface area contributed by atoms with Crippen molar-refractivity contribution < 1.29 is 5.11 Å². The van der Waals surface area contributed by atoms with Crippen molar-refractivity contribution in [3.63, 3.8) is 0 Å². The van der Waals surface area contributed by atoms with Gasteiger partial charge in [-0.25, -0.2) is 0 Å². The topological polar surface area (TPSA) is 20.2 Å². The first-order valence-corrected chi connectivity index (χ1v) is 3.27. The molecule has 0 saturated carbocycles. The van der Waals surface area contributed by atoms with Crippen LogP contribution in [0.25, 0.3) is 0 Å². The molecule has 0 aliphatic heterocycles. The van der Waals surface area contributed by atoms with Crippen LogP contribution in [0.3, 0.4) is 0 Å². The van der Waals surface area contributed by atoms with Crippen molar-refractivity contribution in [1.82, 2.24) is 0 Å². The summed E-state index contributed by atoms with van der Waals surface area (Å²) in [6, 6.07) is 0. The third kappa shape index (κ3) is 3.98. The average Bonchev–Trinajstić information content (AvgIpc) is 1.91. The monoisotopic (exact) mass is 126 g/mol. The highest BCUT2D eigenvalue weighted by atomic mass is 16.2. The van der Waals surface area contributed by atoms with Crippen LogP contribution >= 0.6 is 0 Å². The van der Waals surface area contributed by atoms with Crippen LogP contribution in [0.4, 0.5) is 0 Å². The largest absolute Gasteiger partial charge is 0.392 e. The van der Waals surface area contributed by atoms with Gasteiger partial charge in [-0.1, -0.05) is 30.7 Å². The van der Waals surface area contributed by atoms with Crippen molar-refractivity contribution in [2.75, 3.05) is 6.61 Å². The normalized spacial score (nSPS) is 13.0. The molecule has 0 rings (SSSR count). The summed E-state index contributed by atoms with van der Waals surface area (Å²) in [6.45, 7) is 4.23. The smallest absolute Gasteiger partial charge is 0.0615 e. The van der Waals surface area contributed by atoms with E-state index in [1.807, 2.05) is 19.1 Å². The van der Waals surface area contributed by atoms with Crippen molar-refractivity contribution in [3.05, 3.63) is 23.8 Å². The highest BCUT2D eigenvalue weighted by molar-refractivity contribution is 5.16. The zero-order chi connectivity index (χ0) is 7.11. The maximum Gasteiger partial charge on any atom is 0.0615 e. The first-order valence-electron chi connectivity index (χ1n) is 3.27. The number of hydrogen-bond donors (Lipinski definition) is 1. The molecular weight excluding hydrogens is 112 g/mol. The molecule has 0 spiro atoms. The zero-order valence-corrected chi connectivity index (χ0v) is 6.09. The fourth-order valence-corrected chi connectivity index (χ4v) is 0.622. The first kappa shape index (κ1) is 8.44. The van der Waals surface area contributed by atoms with Crippen LogP contribution < -0.4 is 0 Å². The Morgan fingerprint density at radius 2 is 2.22 bits per heavy atom. The Morgan fingerprint density at radius 3 is 2.56 bits per heavy atom. The minimum Gasteiger partial charge on any atom is -0.392 e. The van der Waals surface area contributed by atoms with Gasteiger partial charge in [-0.05, 0) is 13.3 Å². The van der Waals surface area contributed by atoms with Gasteiger partial charge in [0.25, 0.3) is 0 Å². The Kier molecular flexibility index (Phi) is 5.23. The van der Waals surface area contributed by atoms with E-state index < -0.39 is 0 Å². The summed E-state index contributed by atoms with van der Waals surface area (Å²) in [4.78, 5) is 0. The lowest BCUT2D eigenvalue weighted by atomic mass is 10.2. The molecule has 1 heteroatoms. The summed E-state index contributed by atoms with van der Waals surface area (Å²) < 4.78 is 0. The molecule has 1 N–H and O–H groups in total. The van der Waals surface area contributed by atoms with Gasteiger partial charge < -0.3 is 5.11 Å². The maximum absolute atomic E-state index is 8.39. The van der Waals surface area contributed by atoms with Gasteiger partial charge in [0.15, 0.2) is 0 Å². The molecule has 0 aromatic rings. The molecule has 0 saturated heterocycles. The molecule has 1 nitrogen and oxygen atoms in total. The van der Waals surface area contributed by atoms with Crippen molar-refractivity contribution in [2.24, 2.45) is 0 Å². The molecule has 0 aromatic heterocycles. The first-order chi connectivity index (χ1) is 4.35. The van der Waals surface area contributed by atoms with E-state index in [4.69, 9.17) is 5.11 Å². The quantitative estimate of drug-likeness (QED) is 0.572. The molecule has 0 radical (unpaired) electrons. The van der Waals surface area contributed by atoms with Gasteiger partial charge in [0.1, 0.15) is 0 Å². The number of aliphatic hydroxyl groups is 1. The molecule has 0 aliphatic rings. The molecular formula is C8H14O. The van der Waals surface area contributed by atoms with E-state index in [-0.39, 0.29) is 6.61 Å². The molecule has 0 aliphatic carbocycles. The van der Waals surface area contributed by atoms with Gasteiger partial charge in [0.05, 0.1) is 6.61 Å². The molecule has 0 heterocycles. The number of hydrogen-bond acceptors (Lipinski definition) is 1. The Labute approximate surface area is 56.7 Å². The molecule has 0 unspecified atom stereocenters. The fraction of sp³-hybridized carbons (Fsp3) is 0.500. The third-order valence-electron chi connectivity index (χ3n) is 1.22. The van der Waals surface area contributed by atoms with Gasteiger partial charge in [-0.2, -0.15) is 0 Å². The number of aliphatic hydroxyl groups excluding tert-OH is 1. The van der Waals surface area contributed by atoms with Crippen LogP contribution in [0.15, 0.2) is 23.8 Å². The van der Waals surface area contributed by atoms with E-state index in [0.29, 0.717) is 0 Å². The third-order valence-corrected chi connectivity index (χ3v) is 1.22. The van der Waals surface area contributed by atoms with E-state index in [1.54, 1.807) is 6.08 Å². The molecule has 0 atom stereocenters. The standard InChI is InChI=1S/C8H14O/c1-3-8(4-2)6-5-7-9/h3,5-6,9H,4,7H2,1-2H3/b6-5+,8-3+. The summed E-state index contributed by atoms with van der Waals surface area (Å²) in [5, 5.41) is 8.39. The molecule has 9 heavy (non-hydrogen) atoms. The second kappa shape index (κ2) is 5.57. The lowest BCUT2D eigenvalue weighted by Gasteiger charge is -1.91. The van der Waals surface area contributed by atoms with Crippen LogP contribution in [0.2, 0.25) is 0 Å². The molecule has 52 valence electrons. The van der Waals surface area contributed by atoms with Crippen LogP contribution in [0, 0.1) is 0 Å². The van der Waals surface area contributed by atoms with Gasteiger partial charge in [-0.3, -0.25) is 0 Å². The highest BCUT2D eigenvalue weighted by Crippen LogP contribution is 2.00. The molecule has 0 aromatic carbocycles. The van der Waals surface area contributed by atoms with Crippen molar-refractivity contribution in [2.45, 2.75) is 20.3 Å². The van der Waals surface area contributed by atoms with Crippen LogP contribution in [0.5, 0.6) is 0 Å². The molecule has 0 fully saturated rings. The predicted octanol–water partition coefficient (Wildman–Crippen LogP) is 1.89. The second-order valence-corrected chi connectivity index (χ2v) is 1.80. The van der Waals surface area contributed by atoms with E-state index >= 15 is 0 Å². The van der Waals surface area contributed by atoms with Crippen molar-refractivity contribution in [1.29, 1.82) is 0 Å². The Hall–Kier alpha value is -0.560. The lowest BCUT2D eigenvalue weighted by molar-refractivity contribution is 0.342. The van der Waals surface area contributed by atoms with Gasteiger partial charge in [-0.15, -0.1) is 0 Å². The minimum absolute atomic E-state index is 0.136. The lowest BCUT2D eigenvalue weighted by Crippen LogP contribution is -1.75. The minimum atomic E-state index is 0.136. The SMILES string of the molecule is C/C=C(/C=C/CO)CC. The Balaban J connectivity index is 3.70. The summed E-state index contributed by atoms with van der Waals surface area (Å²) in [6.07, 6.45) is 6.78. The number of rotatable bonds is 3. The molecule has 0 amide bonds. The fourth-order valence-electron chi connectivity index (χ4n) is 0.622. The van der Waals surface area contributed by atoms with Gasteiger partial charge in [0.2, 0.25) is 0 Å². The summed E-state index contributed by atoms with van der Waals surface area (Å²) in [7, 11) is 0. The maximum atomic E-state index is 8.39. The zero-order valence-electron chi connectivity index (χ0n) is 6.09. The Bertz CT molecular complexity index is 112. The second-order valence-electron chi connectivity index (χ2n) is 1.80. The summed E-state index contributed by atoms with van der Waals surface area (Å²) >= 11 is 0. The van der Waals surface area contributed by atoms with Crippen LogP contribution in [0.1, 0.15) is 20.3 Å². The van der Waals surface area contributed by atoms with Gasteiger partial charge in [0, 0.05) is 0 Å². The van der Waals surface area contributed by atoms with E-state index in [1.165, 1.54) is 5.57 Å². The summed E-state index contributed by atoms with van der Waals surface area (Å²) in [5.41, 5.74) is 1.27. The number of allylic oxidation sites excluding steroid dienone is 3. The van der Waals surface area contributed by atoms with Crippen molar-refractivity contribution >= 4 is 0 Å². The van der Waals surface area contributed by atoms with E-state index in [9.17, 15) is 0 Å².